The number of piperidine rings is 1. The van der Waals surface area contributed by atoms with E-state index in [-0.39, 0.29) is 29.8 Å². The van der Waals surface area contributed by atoms with Gasteiger partial charge in [-0.2, -0.15) is 4.31 Å². The Morgan fingerprint density at radius 2 is 1.69 bits per heavy atom. The highest BCUT2D eigenvalue weighted by Crippen LogP contribution is 2.31. The first-order valence-electron chi connectivity index (χ1n) is 10.3. The van der Waals surface area contributed by atoms with Gasteiger partial charge in [0.05, 0.1) is 10.6 Å². The molecule has 0 radical (unpaired) electrons. The van der Waals surface area contributed by atoms with E-state index in [1.165, 1.54) is 33.3 Å². The number of rotatable bonds is 5. The van der Waals surface area contributed by atoms with Crippen LogP contribution in [0.15, 0.2) is 53.4 Å². The summed E-state index contributed by atoms with van der Waals surface area (Å²) in [6, 6.07) is 12.9. The molecule has 0 atom stereocenters. The summed E-state index contributed by atoms with van der Waals surface area (Å²) in [5, 5.41) is 3.45. The fraction of sp³-hybridized carbons (Fsp3) is 0.304. The number of hydrogen-bond acceptors (Lipinski definition) is 5. The first-order valence-corrected chi connectivity index (χ1v) is 12.6. The largest absolute Gasteiger partial charge is 0.302 e. The maximum atomic E-state index is 13.1. The molecule has 2 heterocycles. The average Bonchev–Trinajstić information content (AvgIpc) is 3.14. The molecule has 1 aliphatic rings. The van der Waals surface area contributed by atoms with Crippen LogP contribution in [0.2, 0.25) is 0 Å². The second-order valence-electron chi connectivity index (χ2n) is 7.91. The van der Waals surface area contributed by atoms with Crippen LogP contribution in [0, 0.1) is 25.6 Å². The zero-order valence-corrected chi connectivity index (χ0v) is 19.5. The van der Waals surface area contributed by atoms with E-state index < -0.39 is 15.8 Å². The van der Waals surface area contributed by atoms with Crippen molar-refractivity contribution in [1.29, 1.82) is 0 Å². The topological polar surface area (TPSA) is 79.4 Å². The monoisotopic (exact) mass is 473 g/mol. The van der Waals surface area contributed by atoms with E-state index >= 15 is 0 Å². The molecule has 0 bridgehead atoms. The highest BCUT2D eigenvalue weighted by Gasteiger charge is 2.32. The van der Waals surface area contributed by atoms with Crippen LogP contribution in [0.25, 0.3) is 11.3 Å². The number of nitrogens with zero attached hydrogens (tertiary/aromatic N) is 2. The number of aryl methyl sites for hydroxylation is 2. The Kier molecular flexibility index (Phi) is 6.41. The van der Waals surface area contributed by atoms with Gasteiger partial charge in [-0.25, -0.2) is 17.8 Å². The van der Waals surface area contributed by atoms with Gasteiger partial charge in [0.1, 0.15) is 5.82 Å². The van der Waals surface area contributed by atoms with Gasteiger partial charge < -0.3 is 5.32 Å². The van der Waals surface area contributed by atoms with Crippen LogP contribution in [0.5, 0.6) is 0 Å². The highest BCUT2D eigenvalue weighted by atomic mass is 32.2. The van der Waals surface area contributed by atoms with Crippen LogP contribution in [0.3, 0.4) is 0 Å². The predicted molar refractivity (Wildman–Crippen MR) is 124 cm³/mol. The van der Waals surface area contributed by atoms with Gasteiger partial charge in [-0.05, 0) is 51.0 Å². The van der Waals surface area contributed by atoms with Crippen molar-refractivity contribution in [2.24, 2.45) is 5.92 Å². The zero-order chi connectivity index (χ0) is 22.9. The summed E-state index contributed by atoms with van der Waals surface area (Å²) in [5.41, 5.74) is 3.03. The van der Waals surface area contributed by atoms with Gasteiger partial charge in [-0.15, -0.1) is 11.3 Å². The lowest BCUT2D eigenvalue weighted by molar-refractivity contribution is -0.120. The summed E-state index contributed by atoms with van der Waals surface area (Å²) in [5.74, 6) is -0.919. The second-order valence-corrected chi connectivity index (χ2v) is 11.1. The SMILES string of the molecule is Cc1ccc(-c2nc(NC(=O)C3CCN(S(=O)(=O)c4ccc(F)cc4)CC3)sc2C)cc1. The van der Waals surface area contributed by atoms with Gasteiger partial charge in [-0.1, -0.05) is 29.8 Å². The first kappa shape index (κ1) is 22.6. The molecule has 1 aliphatic heterocycles. The standard InChI is InChI=1S/C23H24FN3O3S2/c1-15-3-5-17(6-4-15)21-16(2)31-23(25-21)26-22(28)18-11-13-27(14-12-18)32(29,30)20-9-7-19(24)8-10-20/h3-10,18H,11-14H2,1-2H3,(H,25,26,28). The van der Waals surface area contributed by atoms with Gasteiger partial charge in [0, 0.05) is 29.4 Å². The molecule has 0 aliphatic carbocycles. The van der Waals surface area contributed by atoms with E-state index in [0.29, 0.717) is 18.0 Å². The van der Waals surface area contributed by atoms with Crippen molar-refractivity contribution in [3.8, 4) is 11.3 Å². The molecule has 0 unspecified atom stereocenters. The number of thiazole rings is 1. The fourth-order valence-electron chi connectivity index (χ4n) is 3.75. The Morgan fingerprint density at radius 3 is 2.31 bits per heavy atom. The van der Waals surface area contributed by atoms with Crippen molar-refractivity contribution in [1.82, 2.24) is 9.29 Å². The number of amides is 1. The smallest absolute Gasteiger partial charge is 0.243 e. The summed E-state index contributed by atoms with van der Waals surface area (Å²) in [7, 11) is -3.70. The van der Waals surface area contributed by atoms with Crippen molar-refractivity contribution in [3.05, 3.63) is 64.8 Å². The molecule has 32 heavy (non-hydrogen) atoms. The summed E-state index contributed by atoms with van der Waals surface area (Å²) < 4.78 is 40.0. The minimum Gasteiger partial charge on any atom is -0.302 e. The van der Waals surface area contributed by atoms with Crippen LogP contribution in [0.1, 0.15) is 23.3 Å². The number of halogens is 1. The molecule has 2 aromatic carbocycles. The molecule has 4 rings (SSSR count). The van der Waals surface area contributed by atoms with Gasteiger partial charge in [0.25, 0.3) is 0 Å². The molecule has 1 saturated heterocycles. The third-order valence-electron chi connectivity index (χ3n) is 5.63. The highest BCUT2D eigenvalue weighted by molar-refractivity contribution is 7.89. The predicted octanol–water partition coefficient (Wildman–Crippen LogP) is 4.61. The lowest BCUT2D eigenvalue weighted by Crippen LogP contribution is -2.41. The van der Waals surface area contributed by atoms with Crippen molar-refractivity contribution < 1.29 is 17.6 Å². The normalized spacial score (nSPS) is 15.6. The van der Waals surface area contributed by atoms with Crippen LogP contribution in [0.4, 0.5) is 9.52 Å². The maximum absolute atomic E-state index is 13.1. The van der Waals surface area contributed by atoms with Crippen LogP contribution in [-0.4, -0.2) is 36.7 Å². The molecule has 1 amide bonds. The number of nitrogens with one attached hydrogen (secondary N) is 1. The van der Waals surface area contributed by atoms with E-state index in [0.717, 1.165) is 28.3 Å². The number of carbonyl (C=O) groups excluding carboxylic acids is 1. The lowest BCUT2D eigenvalue weighted by Gasteiger charge is -2.30. The molecule has 6 nitrogen and oxygen atoms in total. The van der Waals surface area contributed by atoms with Gasteiger partial charge >= 0.3 is 0 Å². The minimum absolute atomic E-state index is 0.0590. The number of carbonyl (C=O) groups is 1. The molecule has 1 N–H and O–H groups in total. The van der Waals surface area contributed by atoms with E-state index in [9.17, 15) is 17.6 Å². The van der Waals surface area contributed by atoms with Crippen LogP contribution < -0.4 is 5.32 Å². The maximum Gasteiger partial charge on any atom is 0.243 e. The van der Waals surface area contributed by atoms with E-state index in [2.05, 4.69) is 10.3 Å². The molecular weight excluding hydrogens is 449 g/mol. The molecule has 1 fully saturated rings. The van der Waals surface area contributed by atoms with Crippen molar-refractivity contribution in [2.45, 2.75) is 31.6 Å². The summed E-state index contributed by atoms with van der Waals surface area (Å²) in [6.07, 6.45) is 0.836. The Labute approximate surface area is 191 Å². The Bertz CT molecular complexity index is 1210. The fourth-order valence-corrected chi connectivity index (χ4v) is 6.06. The molecular formula is C23H24FN3O3S2. The zero-order valence-electron chi connectivity index (χ0n) is 17.8. The van der Waals surface area contributed by atoms with Gasteiger partial charge in [0.2, 0.25) is 15.9 Å². The van der Waals surface area contributed by atoms with Crippen LogP contribution in [-0.2, 0) is 14.8 Å². The first-order chi connectivity index (χ1) is 15.2. The molecule has 0 saturated carbocycles. The van der Waals surface area contributed by atoms with Crippen molar-refractivity contribution >= 4 is 32.4 Å². The van der Waals surface area contributed by atoms with Crippen molar-refractivity contribution in [3.63, 3.8) is 0 Å². The molecule has 0 spiro atoms. The van der Waals surface area contributed by atoms with Crippen molar-refractivity contribution in [2.75, 3.05) is 18.4 Å². The molecule has 168 valence electrons. The Morgan fingerprint density at radius 1 is 1.06 bits per heavy atom. The summed E-state index contributed by atoms with van der Waals surface area (Å²) >= 11 is 1.43. The van der Waals surface area contributed by atoms with Gasteiger partial charge in [0.15, 0.2) is 5.13 Å². The lowest BCUT2D eigenvalue weighted by atomic mass is 9.97. The Hall–Kier alpha value is -2.62. The number of hydrogen-bond donors (Lipinski definition) is 1. The summed E-state index contributed by atoms with van der Waals surface area (Å²) in [6.45, 7) is 4.48. The third-order valence-corrected chi connectivity index (χ3v) is 8.43. The quantitative estimate of drug-likeness (QED) is 0.587. The number of aromatic nitrogens is 1. The minimum atomic E-state index is -3.70. The Balaban J connectivity index is 1.38. The van der Waals surface area contributed by atoms with Crippen LogP contribution >= 0.6 is 11.3 Å². The third kappa shape index (κ3) is 4.74. The average molecular weight is 474 g/mol. The number of sulfonamides is 1. The van der Waals surface area contributed by atoms with Gasteiger partial charge in [-0.3, -0.25) is 4.79 Å². The number of benzene rings is 2. The molecule has 9 heteroatoms. The summed E-state index contributed by atoms with van der Waals surface area (Å²) in [4.78, 5) is 18.5. The molecule has 3 aromatic rings. The van der Waals surface area contributed by atoms with E-state index in [4.69, 9.17) is 0 Å². The molecule has 1 aromatic heterocycles. The second kappa shape index (κ2) is 9.09. The number of anilines is 1. The van der Waals surface area contributed by atoms with E-state index in [1.54, 1.807) is 0 Å². The van der Waals surface area contributed by atoms with E-state index in [1.807, 2.05) is 38.1 Å².